The predicted octanol–water partition coefficient (Wildman–Crippen LogP) is 0.690. The molecule has 4 N–H and O–H groups in total. The molecule has 0 aromatic rings. The maximum atomic E-state index is 14.3. The molecule has 0 aromatic heterocycles. The molecule has 4 fully saturated rings. The molecule has 0 spiro atoms. The van der Waals surface area contributed by atoms with Gasteiger partial charge >= 0.3 is 6.03 Å². The predicted molar refractivity (Wildman–Crippen MR) is 176 cm³/mol. The number of carbonyl (C=O) groups is 5. The van der Waals surface area contributed by atoms with Gasteiger partial charge in [-0.25, -0.2) is 4.79 Å². The zero-order valence-corrected chi connectivity index (χ0v) is 30.4. The number of nitrogens with one attached hydrogen (secondary N) is 4. The Morgan fingerprint density at radius 3 is 2.02 bits per heavy atom. The van der Waals surface area contributed by atoms with Gasteiger partial charge in [0, 0.05) is 46.3 Å². The smallest absolute Gasteiger partial charge is 0.315 e. The van der Waals surface area contributed by atoms with Crippen molar-refractivity contribution in [1.82, 2.24) is 34.8 Å². The van der Waals surface area contributed by atoms with Gasteiger partial charge in [0.15, 0.2) is 0 Å². The van der Waals surface area contributed by atoms with Gasteiger partial charge < -0.3 is 26.2 Å². The van der Waals surface area contributed by atoms with Crippen molar-refractivity contribution in [2.24, 2.45) is 34.0 Å². The number of likely N-dealkylation sites (tertiary alicyclic amines) is 1. The van der Waals surface area contributed by atoms with E-state index in [-0.39, 0.29) is 29.7 Å². The van der Waals surface area contributed by atoms with Crippen LogP contribution in [-0.4, -0.2) is 116 Å². The van der Waals surface area contributed by atoms with E-state index in [1.54, 1.807) is 0 Å². The fourth-order valence-corrected chi connectivity index (χ4v) is 8.38. The van der Waals surface area contributed by atoms with Crippen LogP contribution in [0.3, 0.4) is 0 Å². The Morgan fingerprint density at radius 1 is 0.915 bits per heavy atom. The van der Waals surface area contributed by atoms with Crippen LogP contribution in [0.5, 0.6) is 0 Å². The van der Waals surface area contributed by atoms with Crippen LogP contribution in [0, 0.1) is 34.0 Å². The van der Waals surface area contributed by atoms with E-state index in [4.69, 9.17) is 0 Å². The first-order valence-electron chi connectivity index (χ1n) is 16.7. The van der Waals surface area contributed by atoms with Crippen LogP contribution in [0.1, 0.15) is 74.7 Å². The summed E-state index contributed by atoms with van der Waals surface area (Å²) in [7, 11) is -0.732. The second kappa shape index (κ2) is 12.9. The van der Waals surface area contributed by atoms with Crippen molar-refractivity contribution in [2.45, 2.75) is 98.8 Å². The van der Waals surface area contributed by atoms with Crippen molar-refractivity contribution >= 4 is 39.7 Å². The maximum Gasteiger partial charge on any atom is 0.315 e. The fraction of sp³-hybridized carbons (Fsp3) is 0.844. The van der Waals surface area contributed by atoms with E-state index in [0.717, 1.165) is 12.8 Å². The van der Waals surface area contributed by atoms with Crippen molar-refractivity contribution in [1.29, 1.82) is 0 Å². The topological polar surface area (TPSA) is 177 Å². The Morgan fingerprint density at radius 2 is 1.53 bits per heavy atom. The monoisotopic (exact) mass is 681 g/mol. The third-order valence-electron chi connectivity index (χ3n) is 10.6. The summed E-state index contributed by atoms with van der Waals surface area (Å²) in [6.07, 6.45) is 2.23. The summed E-state index contributed by atoms with van der Waals surface area (Å²) >= 11 is 0. The zero-order chi connectivity index (χ0) is 35.4. The number of hydrogen-bond donors (Lipinski definition) is 4. The highest BCUT2D eigenvalue weighted by atomic mass is 32.2. The van der Waals surface area contributed by atoms with Crippen LogP contribution in [0.4, 0.5) is 4.79 Å². The molecule has 2 aliphatic carbocycles. The lowest BCUT2D eigenvalue weighted by Gasteiger charge is -2.39. The highest BCUT2D eigenvalue weighted by Gasteiger charge is 2.70. The molecule has 2 heterocycles. The van der Waals surface area contributed by atoms with Crippen molar-refractivity contribution in [2.75, 3.05) is 40.3 Å². The van der Waals surface area contributed by atoms with Crippen molar-refractivity contribution in [3.8, 4) is 0 Å². The van der Waals surface area contributed by atoms with Crippen LogP contribution < -0.4 is 21.3 Å². The van der Waals surface area contributed by atoms with Gasteiger partial charge in [0.1, 0.15) is 12.1 Å². The summed E-state index contributed by atoms with van der Waals surface area (Å²) in [5, 5.41) is 11.0. The van der Waals surface area contributed by atoms with E-state index < -0.39 is 74.7 Å². The molecule has 47 heavy (non-hydrogen) atoms. The van der Waals surface area contributed by atoms with Crippen LogP contribution in [0.15, 0.2) is 0 Å². The van der Waals surface area contributed by atoms with E-state index in [2.05, 4.69) is 35.1 Å². The number of Topliss-reactive ketones (excluding diaryl/α,β-unsaturated/α-hetero) is 1. The summed E-state index contributed by atoms with van der Waals surface area (Å²) in [5.74, 6) is -2.17. The molecule has 266 valence electrons. The number of nitrogens with zero attached hydrogens (tertiary/aromatic N) is 3. The van der Waals surface area contributed by atoms with Gasteiger partial charge in [-0.2, -0.15) is 17.0 Å². The second-order valence-electron chi connectivity index (χ2n) is 16.6. The molecule has 15 heteroatoms. The summed E-state index contributed by atoms with van der Waals surface area (Å²) in [6, 6.07) is -4.05. The summed E-state index contributed by atoms with van der Waals surface area (Å²) in [4.78, 5) is 68.5. The molecule has 2 aliphatic heterocycles. The largest absolute Gasteiger partial charge is 0.353 e. The van der Waals surface area contributed by atoms with E-state index in [0.29, 0.717) is 26.1 Å². The molecule has 6 atom stereocenters. The Kier molecular flexibility index (Phi) is 10.2. The van der Waals surface area contributed by atoms with Gasteiger partial charge in [-0.3, -0.25) is 19.2 Å². The van der Waals surface area contributed by atoms with Crippen molar-refractivity contribution < 1.29 is 32.4 Å². The highest BCUT2D eigenvalue weighted by molar-refractivity contribution is 7.87. The SMILES string of the molecule is CNC(=O)C(=O)C(CC1CC1)NC(=O)C1[C@@H]2[C@H](CN1C(=O)[C@@H](NC(=O)N[C@H](CN1CCN(C)S1(=O)=O)C(C)(C)C)C(C)(C)C)C2(C)C. The lowest BCUT2D eigenvalue weighted by atomic mass is 9.85. The zero-order valence-electron chi connectivity index (χ0n) is 29.6. The van der Waals surface area contributed by atoms with Crippen LogP contribution >= 0.6 is 0 Å². The number of urea groups is 1. The lowest BCUT2D eigenvalue weighted by molar-refractivity contribution is -0.145. The lowest BCUT2D eigenvalue weighted by Crippen LogP contribution is -2.62. The minimum absolute atomic E-state index is 0.0685. The Hall–Kier alpha value is -2.78. The number of fused-ring (bicyclic) bond motifs is 1. The second-order valence-corrected chi connectivity index (χ2v) is 18.6. The molecule has 14 nitrogen and oxygen atoms in total. The van der Waals surface area contributed by atoms with Crippen molar-refractivity contribution in [3.05, 3.63) is 0 Å². The third-order valence-corrected chi connectivity index (χ3v) is 12.6. The standard InChI is InChI=1S/C32H55N7O7S/c1-30(2,3)21(17-38-14-13-37(10)47(38,45)46)35-29(44)36-25(31(4,5)6)28(43)39-16-19-22(32(19,7)8)23(39)26(41)34-20(15-18-11-12-18)24(40)27(42)33-9/h18-23,25H,11-17H2,1-10H3,(H,33,42)(H,34,41)(H2,35,36,44)/t19-,20?,21+,22-,23?,25+/m0/s1. The summed E-state index contributed by atoms with van der Waals surface area (Å²) in [6.45, 7) is 16.4. The van der Waals surface area contributed by atoms with E-state index >= 15 is 0 Å². The molecule has 5 amide bonds. The van der Waals surface area contributed by atoms with Crippen LogP contribution in [0.25, 0.3) is 0 Å². The number of hydrogen-bond acceptors (Lipinski definition) is 7. The van der Waals surface area contributed by atoms with Gasteiger partial charge in [-0.1, -0.05) is 68.2 Å². The minimum atomic E-state index is -3.62. The Bertz CT molecular complexity index is 1380. The number of ketones is 1. The quantitative estimate of drug-likeness (QED) is 0.232. The van der Waals surface area contributed by atoms with E-state index in [1.165, 1.54) is 27.6 Å². The molecular formula is C32H55N7O7S. The maximum absolute atomic E-state index is 14.3. The fourth-order valence-electron chi connectivity index (χ4n) is 7.02. The first-order chi connectivity index (χ1) is 21.5. The van der Waals surface area contributed by atoms with Gasteiger partial charge in [0.25, 0.3) is 16.1 Å². The first kappa shape index (κ1) is 37.0. The molecule has 0 aromatic carbocycles. The van der Waals surface area contributed by atoms with Gasteiger partial charge in [-0.15, -0.1) is 0 Å². The Balaban J connectivity index is 1.52. The summed E-state index contributed by atoms with van der Waals surface area (Å²) in [5.41, 5.74) is -1.45. The minimum Gasteiger partial charge on any atom is -0.353 e. The van der Waals surface area contributed by atoms with E-state index in [9.17, 15) is 32.4 Å². The molecule has 4 rings (SSSR count). The third kappa shape index (κ3) is 7.77. The number of carbonyl (C=O) groups excluding carboxylic acids is 5. The number of amides is 5. The van der Waals surface area contributed by atoms with Gasteiger partial charge in [0.05, 0.1) is 6.04 Å². The number of rotatable bonds is 11. The van der Waals surface area contributed by atoms with Crippen molar-refractivity contribution in [3.63, 3.8) is 0 Å². The molecule has 2 saturated heterocycles. The first-order valence-corrected chi connectivity index (χ1v) is 18.1. The average molecular weight is 682 g/mol. The van der Waals surface area contributed by atoms with Gasteiger partial charge in [-0.05, 0) is 40.4 Å². The normalized spacial score (nSPS) is 27.3. The summed E-state index contributed by atoms with van der Waals surface area (Å²) < 4.78 is 28.1. The average Bonchev–Trinajstić information content (AvgIpc) is 3.77. The number of likely N-dealkylation sites (N-methyl/N-ethyl adjacent to an activating group) is 2. The van der Waals surface area contributed by atoms with Crippen LogP contribution in [-0.2, 0) is 29.4 Å². The Labute approximate surface area is 279 Å². The van der Waals surface area contributed by atoms with E-state index in [1.807, 2.05) is 41.5 Å². The molecule has 2 saturated carbocycles. The van der Waals surface area contributed by atoms with Gasteiger partial charge in [0.2, 0.25) is 17.6 Å². The molecule has 0 radical (unpaired) electrons. The van der Waals surface area contributed by atoms with Crippen LogP contribution in [0.2, 0.25) is 0 Å². The molecule has 2 unspecified atom stereocenters. The number of piperidine rings is 1. The molecular weight excluding hydrogens is 626 g/mol. The molecule has 0 bridgehead atoms. The highest BCUT2D eigenvalue weighted by Crippen LogP contribution is 2.65. The molecule has 4 aliphatic rings.